The summed E-state index contributed by atoms with van der Waals surface area (Å²) >= 11 is 0. The average molecular weight is 343 g/mol. The highest BCUT2D eigenvalue weighted by Gasteiger charge is 2.13. The summed E-state index contributed by atoms with van der Waals surface area (Å²) in [5.41, 5.74) is 0.731. The summed E-state index contributed by atoms with van der Waals surface area (Å²) in [4.78, 5) is 17.8. The highest BCUT2D eigenvalue weighted by Crippen LogP contribution is 2.21. The van der Waals surface area contributed by atoms with Crippen molar-refractivity contribution in [2.24, 2.45) is 5.16 Å². The number of rotatable bonds is 6. The first-order chi connectivity index (χ1) is 12.2. The molecule has 1 saturated heterocycles. The first-order valence-corrected chi connectivity index (χ1v) is 8.46. The first kappa shape index (κ1) is 17.0. The van der Waals surface area contributed by atoms with Gasteiger partial charge in [-0.15, -0.1) is 0 Å². The van der Waals surface area contributed by atoms with E-state index in [1.807, 2.05) is 12.1 Å². The van der Waals surface area contributed by atoms with Crippen molar-refractivity contribution in [3.8, 4) is 0 Å². The molecule has 132 valence electrons. The predicted octanol–water partition coefficient (Wildman–Crippen LogP) is 4.12. The number of non-ortho nitro benzene ring substituents is 1. The molecule has 0 amide bonds. The summed E-state index contributed by atoms with van der Waals surface area (Å²) in [5.74, 6) is 1.49. The van der Waals surface area contributed by atoms with Crippen LogP contribution >= 0.6 is 0 Å². The molecule has 3 rings (SSSR count). The van der Waals surface area contributed by atoms with Crippen molar-refractivity contribution in [3.63, 3.8) is 0 Å². The fraction of sp³-hybridized carbons (Fsp3) is 0.389. The summed E-state index contributed by atoms with van der Waals surface area (Å²) in [6.07, 6.45) is 6.44. The Hall–Kier alpha value is -2.83. The van der Waals surface area contributed by atoms with E-state index in [1.54, 1.807) is 12.1 Å². The van der Waals surface area contributed by atoms with Crippen molar-refractivity contribution in [1.82, 2.24) is 0 Å². The van der Waals surface area contributed by atoms with Gasteiger partial charge in [-0.25, -0.2) is 0 Å². The van der Waals surface area contributed by atoms with Gasteiger partial charge in [-0.2, -0.15) is 0 Å². The molecule has 0 saturated carbocycles. The second kappa shape index (κ2) is 8.32. The molecule has 1 fully saturated rings. The lowest BCUT2D eigenvalue weighted by molar-refractivity contribution is -0.384. The van der Waals surface area contributed by atoms with Crippen LogP contribution in [-0.2, 0) is 11.4 Å². The monoisotopic (exact) mass is 343 g/mol. The maximum absolute atomic E-state index is 10.7. The van der Waals surface area contributed by atoms with Crippen LogP contribution in [0.25, 0.3) is 0 Å². The number of hydrogen-bond donors (Lipinski definition) is 0. The second-order valence-corrected chi connectivity index (χ2v) is 6.01. The molecule has 2 aromatic rings. The van der Waals surface area contributed by atoms with Gasteiger partial charge < -0.3 is 14.2 Å². The largest absolute Gasteiger partial charge is 0.439 e. The van der Waals surface area contributed by atoms with Crippen LogP contribution in [0.4, 0.5) is 11.6 Å². The number of furan rings is 1. The molecule has 1 aliphatic heterocycles. The molecule has 0 bridgehead atoms. The smallest absolute Gasteiger partial charge is 0.269 e. The van der Waals surface area contributed by atoms with Crippen LogP contribution < -0.4 is 4.90 Å². The second-order valence-electron chi connectivity index (χ2n) is 6.01. The fourth-order valence-electron chi connectivity index (χ4n) is 2.83. The Kier molecular flexibility index (Phi) is 5.66. The minimum absolute atomic E-state index is 0.0400. The third-order valence-electron chi connectivity index (χ3n) is 4.14. The lowest BCUT2D eigenvalue weighted by Crippen LogP contribution is -2.23. The number of nitro benzene ring substituents is 1. The van der Waals surface area contributed by atoms with Gasteiger partial charge in [0, 0.05) is 31.3 Å². The van der Waals surface area contributed by atoms with Gasteiger partial charge in [0.2, 0.25) is 0 Å². The minimum Gasteiger partial charge on any atom is -0.439 e. The first-order valence-electron chi connectivity index (χ1n) is 8.46. The van der Waals surface area contributed by atoms with Gasteiger partial charge in [-0.1, -0.05) is 30.1 Å². The molecule has 0 atom stereocenters. The molecule has 1 aromatic heterocycles. The van der Waals surface area contributed by atoms with E-state index in [2.05, 4.69) is 10.1 Å². The van der Waals surface area contributed by atoms with Crippen LogP contribution in [-0.4, -0.2) is 24.2 Å². The van der Waals surface area contributed by atoms with Crippen molar-refractivity contribution in [2.75, 3.05) is 18.0 Å². The van der Waals surface area contributed by atoms with Crippen molar-refractivity contribution < 1.29 is 14.2 Å². The number of nitrogens with zero attached hydrogens (tertiary/aromatic N) is 3. The fourth-order valence-corrected chi connectivity index (χ4v) is 2.83. The zero-order chi connectivity index (χ0) is 17.5. The van der Waals surface area contributed by atoms with E-state index < -0.39 is 4.92 Å². The third kappa shape index (κ3) is 4.82. The topological polar surface area (TPSA) is 81.1 Å². The molecular weight excluding hydrogens is 322 g/mol. The molecule has 0 radical (unpaired) electrons. The maximum atomic E-state index is 10.7. The molecule has 0 N–H and O–H groups in total. The van der Waals surface area contributed by atoms with E-state index in [0.29, 0.717) is 11.3 Å². The summed E-state index contributed by atoms with van der Waals surface area (Å²) in [6, 6.07) is 10.1. The van der Waals surface area contributed by atoms with Gasteiger partial charge in [-0.3, -0.25) is 10.1 Å². The highest BCUT2D eigenvalue weighted by molar-refractivity contribution is 5.76. The van der Waals surface area contributed by atoms with Crippen molar-refractivity contribution in [3.05, 3.63) is 57.8 Å². The van der Waals surface area contributed by atoms with E-state index in [-0.39, 0.29) is 12.3 Å². The number of benzene rings is 1. The van der Waals surface area contributed by atoms with Gasteiger partial charge in [0.1, 0.15) is 12.8 Å². The van der Waals surface area contributed by atoms with Crippen LogP contribution in [0.1, 0.15) is 37.0 Å². The van der Waals surface area contributed by atoms with E-state index in [4.69, 9.17) is 9.25 Å². The Morgan fingerprint density at radius 1 is 1.20 bits per heavy atom. The van der Waals surface area contributed by atoms with Crippen LogP contribution in [0.2, 0.25) is 0 Å². The van der Waals surface area contributed by atoms with Crippen molar-refractivity contribution >= 4 is 17.8 Å². The summed E-state index contributed by atoms with van der Waals surface area (Å²) in [7, 11) is 0. The average Bonchev–Trinajstić information content (AvgIpc) is 2.92. The number of hydrogen-bond acceptors (Lipinski definition) is 6. The lowest BCUT2D eigenvalue weighted by Gasteiger charge is -2.18. The molecule has 0 spiro atoms. The molecule has 2 heterocycles. The normalized spacial score (nSPS) is 15.3. The molecule has 1 aliphatic rings. The van der Waals surface area contributed by atoms with E-state index in [1.165, 1.54) is 44.0 Å². The van der Waals surface area contributed by atoms with Crippen LogP contribution in [0, 0.1) is 10.1 Å². The third-order valence-corrected chi connectivity index (χ3v) is 4.14. The van der Waals surface area contributed by atoms with Gasteiger partial charge in [0.15, 0.2) is 11.6 Å². The summed E-state index contributed by atoms with van der Waals surface area (Å²) in [5, 5.41) is 14.6. The number of anilines is 1. The highest BCUT2D eigenvalue weighted by atomic mass is 16.6. The summed E-state index contributed by atoms with van der Waals surface area (Å²) in [6.45, 7) is 2.21. The van der Waals surface area contributed by atoms with Gasteiger partial charge >= 0.3 is 0 Å². The number of oxime groups is 1. The van der Waals surface area contributed by atoms with E-state index >= 15 is 0 Å². The molecule has 7 heteroatoms. The Morgan fingerprint density at radius 3 is 2.76 bits per heavy atom. The van der Waals surface area contributed by atoms with Crippen LogP contribution in [0.5, 0.6) is 0 Å². The Bertz CT molecular complexity index is 733. The predicted molar refractivity (Wildman–Crippen MR) is 94.9 cm³/mol. The van der Waals surface area contributed by atoms with Gasteiger partial charge in [0.05, 0.1) is 4.92 Å². The Balaban J connectivity index is 1.52. The zero-order valence-corrected chi connectivity index (χ0v) is 14.0. The van der Waals surface area contributed by atoms with Crippen LogP contribution in [0.3, 0.4) is 0 Å². The van der Waals surface area contributed by atoms with E-state index in [0.717, 1.165) is 19.0 Å². The Labute approximate surface area is 146 Å². The van der Waals surface area contributed by atoms with Crippen LogP contribution in [0.15, 0.2) is 46.0 Å². The molecular formula is C18H21N3O4. The number of nitro groups is 1. The quantitative estimate of drug-likeness (QED) is 0.448. The lowest BCUT2D eigenvalue weighted by atomic mass is 10.2. The molecule has 0 aliphatic carbocycles. The minimum atomic E-state index is -0.431. The molecule has 7 nitrogen and oxygen atoms in total. The van der Waals surface area contributed by atoms with Gasteiger partial charge in [-0.05, 0) is 24.5 Å². The Morgan fingerprint density at radius 2 is 2.00 bits per heavy atom. The zero-order valence-electron chi connectivity index (χ0n) is 14.0. The van der Waals surface area contributed by atoms with Crippen molar-refractivity contribution in [2.45, 2.75) is 32.3 Å². The standard InChI is InChI=1S/C18H21N3O4/c22-21(23)16-7-5-6-15(12-16)14-24-19-13-17-8-9-18(25-17)20-10-3-1-2-4-11-20/h5-9,12-13H,1-4,10-11,14H2/b19-13-. The van der Waals surface area contributed by atoms with Crippen molar-refractivity contribution in [1.29, 1.82) is 0 Å². The summed E-state index contributed by atoms with van der Waals surface area (Å²) < 4.78 is 5.79. The van der Waals surface area contributed by atoms with Gasteiger partial charge in [0.25, 0.3) is 5.69 Å². The van der Waals surface area contributed by atoms with E-state index in [9.17, 15) is 10.1 Å². The molecule has 1 aromatic carbocycles. The maximum Gasteiger partial charge on any atom is 0.269 e. The SMILES string of the molecule is O=[N+]([O-])c1cccc(CO/N=C\c2ccc(N3CCCCCC3)o2)c1. The molecule has 25 heavy (non-hydrogen) atoms. The molecule has 0 unspecified atom stereocenters.